The Hall–Kier alpha value is 0.390. The molecule has 0 heterocycles. The van der Waals surface area contributed by atoms with Crippen molar-refractivity contribution in [3.63, 3.8) is 0 Å². The molecule has 0 aromatic rings. The van der Waals surface area contributed by atoms with Gasteiger partial charge in [-0.3, -0.25) is 4.79 Å². The first kappa shape index (κ1) is 13.0. The van der Waals surface area contributed by atoms with Crippen LogP contribution in [0.5, 0.6) is 0 Å². The summed E-state index contributed by atoms with van der Waals surface area (Å²) in [5, 5.41) is 0. The van der Waals surface area contributed by atoms with Gasteiger partial charge in [-0.05, 0) is 0 Å². The molecular weight excluding hydrogens is 143 g/mol. The van der Waals surface area contributed by atoms with Crippen molar-refractivity contribution in [1.82, 2.24) is 0 Å². The SMILES string of the molecule is NCCOC(=O)CCN.[Na]. The first-order chi connectivity index (χ1) is 4.31. The van der Waals surface area contributed by atoms with E-state index in [0.717, 1.165) is 0 Å². The first-order valence-corrected chi connectivity index (χ1v) is 2.87. The number of rotatable bonds is 4. The molecule has 0 saturated carbocycles. The average Bonchev–Trinajstić information content (AvgIpc) is 1.85. The maximum Gasteiger partial charge on any atom is 0.307 e. The van der Waals surface area contributed by atoms with E-state index in [4.69, 9.17) is 11.5 Å². The second-order valence-electron chi connectivity index (χ2n) is 1.55. The summed E-state index contributed by atoms with van der Waals surface area (Å²) >= 11 is 0. The molecule has 0 bridgehead atoms. The third-order valence-electron chi connectivity index (χ3n) is 0.729. The fraction of sp³-hybridized carbons (Fsp3) is 0.800. The summed E-state index contributed by atoms with van der Waals surface area (Å²) in [5.41, 5.74) is 10.1. The molecule has 0 aromatic carbocycles. The van der Waals surface area contributed by atoms with Crippen molar-refractivity contribution in [1.29, 1.82) is 0 Å². The van der Waals surface area contributed by atoms with E-state index in [1.807, 2.05) is 0 Å². The van der Waals surface area contributed by atoms with Crippen LogP contribution in [0.25, 0.3) is 0 Å². The van der Waals surface area contributed by atoms with Gasteiger partial charge in [0.25, 0.3) is 0 Å². The normalized spacial score (nSPS) is 8.20. The molecule has 0 fully saturated rings. The van der Waals surface area contributed by atoms with Gasteiger partial charge >= 0.3 is 5.97 Å². The Kier molecular flexibility index (Phi) is 12.2. The van der Waals surface area contributed by atoms with E-state index >= 15 is 0 Å². The summed E-state index contributed by atoms with van der Waals surface area (Å²) in [6.45, 7) is 0.999. The van der Waals surface area contributed by atoms with Crippen LogP contribution in [0.2, 0.25) is 0 Å². The van der Waals surface area contributed by atoms with Gasteiger partial charge in [0.1, 0.15) is 6.61 Å². The first-order valence-electron chi connectivity index (χ1n) is 2.87. The molecule has 0 aromatic heterocycles. The quantitative estimate of drug-likeness (QED) is 0.381. The predicted molar refractivity (Wildman–Crippen MR) is 39.4 cm³/mol. The molecule has 0 aliphatic carbocycles. The summed E-state index contributed by atoms with van der Waals surface area (Å²) in [5.74, 6) is -0.275. The van der Waals surface area contributed by atoms with Crippen molar-refractivity contribution in [2.24, 2.45) is 11.5 Å². The van der Waals surface area contributed by atoms with E-state index in [-0.39, 0.29) is 41.9 Å². The van der Waals surface area contributed by atoms with E-state index in [9.17, 15) is 4.79 Å². The topological polar surface area (TPSA) is 78.3 Å². The smallest absolute Gasteiger partial charge is 0.307 e. The van der Waals surface area contributed by atoms with Crippen molar-refractivity contribution in [2.75, 3.05) is 19.7 Å². The fourth-order valence-electron chi connectivity index (χ4n) is 0.363. The van der Waals surface area contributed by atoms with Crippen molar-refractivity contribution >= 4 is 35.5 Å². The maximum atomic E-state index is 10.4. The number of ether oxygens (including phenoxy) is 1. The summed E-state index contributed by atoms with van der Waals surface area (Å²) < 4.78 is 4.59. The number of nitrogens with two attached hydrogens (primary N) is 2. The Balaban J connectivity index is 0. The van der Waals surface area contributed by atoms with Crippen LogP contribution in [-0.2, 0) is 9.53 Å². The van der Waals surface area contributed by atoms with Gasteiger partial charge in [-0.2, -0.15) is 0 Å². The minimum atomic E-state index is -0.275. The van der Waals surface area contributed by atoms with Crippen LogP contribution >= 0.6 is 0 Å². The molecule has 55 valence electrons. The van der Waals surface area contributed by atoms with Gasteiger partial charge in [0.15, 0.2) is 0 Å². The van der Waals surface area contributed by atoms with E-state index in [2.05, 4.69) is 4.74 Å². The van der Waals surface area contributed by atoms with Crippen molar-refractivity contribution < 1.29 is 9.53 Å². The third-order valence-corrected chi connectivity index (χ3v) is 0.729. The van der Waals surface area contributed by atoms with Crippen LogP contribution in [-0.4, -0.2) is 55.2 Å². The Morgan fingerprint density at radius 1 is 1.30 bits per heavy atom. The molecule has 0 spiro atoms. The minimum absolute atomic E-state index is 0. The summed E-state index contributed by atoms with van der Waals surface area (Å²) in [6, 6.07) is 0. The second kappa shape index (κ2) is 9.39. The Bertz CT molecular complexity index is 89.7. The largest absolute Gasteiger partial charge is 0.464 e. The Labute approximate surface area is 82.6 Å². The zero-order valence-electron chi connectivity index (χ0n) is 6.30. The molecule has 0 atom stereocenters. The van der Waals surface area contributed by atoms with Crippen molar-refractivity contribution in [3.05, 3.63) is 0 Å². The monoisotopic (exact) mass is 155 g/mol. The molecule has 10 heavy (non-hydrogen) atoms. The molecule has 1 radical (unpaired) electrons. The Morgan fingerprint density at radius 2 is 1.90 bits per heavy atom. The number of carbonyl (C=O) groups excluding carboxylic acids is 1. The molecule has 0 amide bonds. The van der Waals surface area contributed by atoms with Crippen LogP contribution in [0.1, 0.15) is 6.42 Å². The zero-order valence-corrected chi connectivity index (χ0v) is 8.30. The molecule has 4 nitrogen and oxygen atoms in total. The standard InChI is InChI=1S/C5H12N2O2.Na/c6-2-1-5(8)9-4-3-7;/h1-4,6-7H2;. The van der Waals surface area contributed by atoms with Crippen molar-refractivity contribution in [2.45, 2.75) is 6.42 Å². The zero-order chi connectivity index (χ0) is 7.11. The molecule has 0 aliphatic rings. The van der Waals surface area contributed by atoms with Crippen LogP contribution in [0.3, 0.4) is 0 Å². The molecule has 5 heteroatoms. The number of hydrogen-bond acceptors (Lipinski definition) is 4. The predicted octanol–water partition coefficient (Wildman–Crippen LogP) is -1.54. The summed E-state index contributed by atoms with van der Waals surface area (Å²) in [7, 11) is 0. The van der Waals surface area contributed by atoms with Gasteiger partial charge in [0.05, 0.1) is 6.42 Å². The van der Waals surface area contributed by atoms with Crippen LogP contribution in [0.15, 0.2) is 0 Å². The van der Waals surface area contributed by atoms with Crippen LogP contribution in [0, 0.1) is 0 Å². The Morgan fingerprint density at radius 3 is 2.30 bits per heavy atom. The molecule has 4 N–H and O–H groups in total. The molecule has 0 unspecified atom stereocenters. The maximum absolute atomic E-state index is 10.4. The number of esters is 1. The van der Waals surface area contributed by atoms with Gasteiger partial charge in [-0.1, -0.05) is 0 Å². The van der Waals surface area contributed by atoms with E-state index in [0.29, 0.717) is 19.7 Å². The number of carbonyl (C=O) groups is 1. The second-order valence-corrected chi connectivity index (χ2v) is 1.55. The third kappa shape index (κ3) is 8.39. The van der Waals surface area contributed by atoms with Gasteiger partial charge in [-0.25, -0.2) is 0 Å². The fourth-order valence-corrected chi connectivity index (χ4v) is 0.363. The molecule has 0 rings (SSSR count). The summed E-state index contributed by atoms with van der Waals surface area (Å²) in [6.07, 6.45) is 0.278. The van der Waals surface area contributed by atoms with E-state index in [1.54, 1.807) is 0 Å². The summed E-state index contributed by atoms with van der Waals surface area (Å²) in [4.78, 5) is 10.4. The van der Waals surface area contributed by atoms with Crippen molar-refractivity contribution in [3.8, 4) is 0 Å². The van der Waals surface area contributed by atoms with Gasteiger partial charge in [0.2, 0.25) is 0 Å². The van der Waals surface area contributed by atoms with E-state index < -0.39 is 0 Å². The van der Waals surface area contributed by atoms with Crippen LogP contribution in [0.4, 0.5) is 0 Å². The van der Waals surface area contributed by atoms with Gasteiger partial charge < -0.3 is 16.2 Å². The van der Waals surface area contributed by atoms with E-state index in [1.165, 1.54) is 0 Å². The number of hydrogen-bond donors (Lipinski definition) is 2. The average molecular weight is 155 g/mol. The van der Waals surface area contributed by atoms with Gasteiger partial charge in [0, 0.05) is 42.6 Å². The van der Waals surface area contributed by atoms with Gasteiger partial charge in [-0.15, -0.1) is 0 Å². The molecule has 0 saturated heterocycles. The molecular formula is C5H12N2NaO2. The minimum Gasteiger partial charge on any atom is -0.464 e. The molecule has 0 aliphatic heterocycles. The van der Waals surface area contributed by atoms with Crippen LogP contribution < -0.4 is 11.5 Å².